The molecule has 0 aliphatic carbocycles. The molecule has 0 bridgehead atoms. The first-order valence-corrected chi connectivity index (χ1v) is 10.7. The molecular weight excluding hydrogens is 384 g/mol. The second kappa shape index (κ2) is 7.91. The monoisotopic (exact) mass is 410 g/mol. The molecule has 1 aromatic heterocycles. The summed E-state index contributed by atoms with van der Waals surface area (Å²) in [7, 11) is 0. The standard InChI is InChI=1S/C26H26N4O/c1-17-6-5-8-23-25(17)21(26(31)29-23)15-28-20-9-10-24(18(2)14-20)30-13-11-19(16-30)22-7-3-4-12-27-22/h3-10,12,14-15,19,28H,11,13,16H2,1-2H3,(H,29,31)/b21-15-. The van der Waals surface area contributed by atoms with E-state index in [2.05, 4.69) is 57.8 Å². The molecular formula is C26H26N4O. The third-order valence-electron chi connectivity index (χ3n) is 6.25. The number of carbonyl (C=O) groups excluding carboxylic acids is 1. The van der Waals surface area contributed by atoms with Crippen LogP contribution < -0.4 is 15.5 Å². The van der Waals surface area contributed by atoms with Gasteiger partial charge in [-0.3, -0.25) is 9.78 Å². The SMILES string of the molecule is Cc1cc(N/C=C2\C(=O)Nc3cccc(C)c32)ccc1N1CCC(c2ccccn2)C1. The van der Waals surface area contributed by atoms with Crippen molar-refractivity contribution in [3.05, 3.63) is 89.4 Å². The van der Waals surface area contributed by atoms with Crippen molar-refractivity contribution < 1.29 is 4.79 Å². The number of fused-ring (bicyclic) bond motifs is 1. The summed E-state index contributed by atoms with van der Waals surface area (Å²) in [6, 6.07) is 18.5. The van der Waals surface area contributed by atoms with Gasteiger partial charge in [-0.15, -0.1) is 0 Å². The molecule has 3 heterocycles. The minimum absolute atomic E-state index is 0.0669. The summed E-state index contributed by atoms with van der Waals surface area (Å²) in [5, 5.41) is 6.27. The molecule has 3 aromatic rings. The van der Waals surface area contributed by atoms with E-state index in [1.165, 1.54) is 16.9 Å². The molecule has 2 aliphatic heterocycles. The normalized spacial score (nSPS) is 18.9. The van der Waals surface area contributed by atoms with Crippen molar-refractivity contribution in [1.82, 2.24) is 4.98 Å². The number of carbonyl (C=O) groups is 1. The lowest BCUT2D eigenvalue weighted by molar-refractivity contribution is -0.110. The lowest BCUT2D eigenvalue weighted by atomic mass is 10.0. The second-order valence-electron chi connectivity index (χ2n) is 8.34. The molecule has 1 atom stereocenters. The van der Waals surface area contributed by atoms with E-state index in [-0.39, 0.29) is 5.91 Å². The molecule has 31 heavy (non-hydrogen) atoms. The Bertz CT molecular complexity index is 1170. The van der Waals surface area contributed by atoms with Gasteiger partial charge in [-0.2, -0.15) is 0 Å². The van der Waals surface area contributed by atoms with Gasteiger partial charge < -0.3 is 15.5 Å². The largest absolute Gasteiger partial charge is 0.371 e. The first-order valence-electron chi connectivity index (χ1n) is 10.7. The van der Waals surface area contributed by atoms with Gasteiger partial charge >= 0.3 is 0 Å². The number of aromatic nitrogens is 1. The summed E-state index contributed by atoms with van der Waals surface area (Å²) in [4.78, 5) is 19.4. The number of anilines is 3. The molecule has 2 aromatic carbocycles. The maximum atomic E-state index is 12.4. The van der Waals surface area contributed by atoms with Crippen LogP contribution in [0.25, 0.3) is 5.57 Å². The number of aryl methyl sites for hydroxylation is 2. The highest BCUT2D eigenvalue weighted by molar-refractivity contribution is 6.32. The molecule has 0 spiro atoms. The smallest absolute Gasteiger partial charge is 0.257 e. The molecule has 5 nitrogen and oxygen atoms in total. The fourth-order valence-electron chi connectivity index (χ4n) is 4.66. The van der Waals surface area contributed by atoms with Gasteiger partial charge in [-0.05, 0) is 67.8 Å². The molecule has 1 fully saturated rings. The zero-order chi connectivity index (χ0) is 21.4. The van der Waals surface area contributed by atoms with Crippen molar-refractivity contribution in [1.29, 1.82) is 0 Å². The van der Waals surface area contributed by atoms with Gasteiger partial charge in [-0.25, -0.2) is 0 Å². The number of benzene rings is 2. The summed E-state index contributed by atoms with van der Waals surface area (Å²) in [6.07, 6.45) is 4.81. The molecule has 1 amide bonds. The lowest BCUT2D eigenvalue weighted by Gasteiger charge is -2.21. The van der Waals surface area contributed by atoms with Crippen LogP contribution in [-0.2, 0) is 4.79 Å². The van der Waals surface area contributed by atoms with E-state index < -0.39 is 0 Å². The Hall–Kier alpha value is -3.60. The van der Waals surface area contributed by atoms with Crippen LogP contribution in [-0.4, -0.2) is 24.0 Å². The van der Waals surface area contributed by atoms with Crippen LogP contribution in [0.3, 0.4) is 0 Å². The number of nitrogens with one attached hydrogen (secondary N) is 2. The van der Waals surface area contributed by atoms with E-state index in [4.69, 9.17) is 0 Å². The Morgan fingerprint density at radius 2 is 2.00 bits per heavy atom. The molecule has 1 unspecified atom stereocenters. The topological polar surface area (TPSA) is 57.3 Å². The summed E-state index contributed by atoms with van der Waals surface area (Å²) in [6.45, 7) is 6.20. The van der Waals surface area contributed by atoms with Crippen molar-refractivity contribution >= 4 is 28.5 Å². The number of rotatable bonds is 4. The molecule has 1 saturated heterocycles. The number of hydrogen-bond acceptors (Lipinski definition) is 4. The maximum Gasteiger partial charge on any atom is 0.257 e. The molecule has 5 heteroatoms. The van der Waals surface area contributed by atoms with E-state index in [9.17, 15) is 4.79 Å². The molecule has 156 valence electrons. The Balaban J connectivity index is 1.32. The minimum Gasteiger partial charge on any atom is -0.371 e. The minimum atomic E-state index is -0.0669. The van der Waals surface area contributed by atoms with Crippen molar-refractivity contribution in [3.63, 3.8) is 0 Å². The van der Waals surface area contributed by atoms with Crippen molar-refractivity contribution in [2.45, 2.75) is 26.2 Å². The highest BCUT2D eigenvalue weighted by atomic mass is 16.2. The average Bonchev–Trinajstić information content (AvgIpc) is 3.38. The zero-order valence-electron chi connectivity index (χ0n) is 17.9. The van der Waals surface area contributed by atoms with Gasteiger partial charge in [-0.1, -0.05) is 18.2 Å². The van der Waals surface area contributed by atoms with Gasteiger partial charge in [0, 0.05) is 59.7 Å². The number of nitrogens with zero attached hydrogens (tertiary/aromatic N) is 2. The average molecular weight is 411 g/mol. The fraction of sp³-hybridized carbons (Fsp3) is 0.231. The molecule has 2 aliphatic rings. The Labute approximate surface area is 182 Å². The van der Waals surface area contributed by atoms with Crippen molar-refractivity contribution in [2.75, 3.05) is 28.6 Å². The van der Waals surface area contributed by atoms with Crippen LogP contribution >= 0.6 is 0 Å². The quantitative estimate of drug-likeness (QED) is 0.588. The van der Waals surface area contributed by atoms with Crippen molar-refractivity contribution in [2.24, 2.45) is 0 Å². The summed E-state index contributed by atoms with van der Waals surface area (Å²) < 4.78 is 0. The Morgan fingerprint density at radius 1 is 1.10 bits per heavy atom. The first-order chi connectivity index (χ1) is 15.1. The predicted octanol–water partition coefficient (Wildman–Crippen LogP) is 5.10. The van der Waals surface area contributed by atoms with Crippen molar-refractivity contribution in [3.8, 4) is 0 Å². The highest BCUT2D eigenvalue weighted by Gasteiger charge is 2.27. The van der Waals surface area contributed by atoms with Gasteiger partial charge in [0.2, 0.25) is 0 Å². The molecule has 5 rings (SSSR count). The molecule has 2 N–H and O–H groups in total. The second-order valence-corrected chi connectivity index (χ2v) is 8.34. The van der Waals surface area contributed by atoms with Crippen LogP contribution in [0.5, 0.6) is 0 Å². The van der Waals surface area contributed by atoms with Gasteiger partial charge in [0.05, 0.1) is 5.57 Å². The summed E-state index contributed by atoms with van der Waals surface area (Å²) in [5.41, 5.74) is 8.25. The van der Waals surface area contributed by atoms with Gasteiger partial charge in [0.25, 0.3) is 5.91 Å². The first kappa shape index (κ1) is 19.4. The lowest BCUT2D eigenvalue weighted by Crippen LogP contribution is -2.20. The zero-order valence-corrected chi connectivity index (χ0v) is 17.9. The Morgan fingerprint density at radius 3 is 2.81 bits per heavy atom. The van der Waals surface area contributed by atoms with Crippen LogP contribution in [0.4, 0.5) is 17.1 Å². The van der Waals surface area contributed by atoms with Crippen LogP contribution in [0.1, 0.15) is 34.7 Å². The fourth-order valence-corrected chi connectivity index (χ4v) is 4.66. The number of amides is 1. The number of pyridine rings is 1. The van der Waals surface area contributed by atoms with E-state index in [0.717, 1.165) is 42.0 Å². The molecule has 0 saturated carbocycles. The highest BCUT2D eigenvalue weighted by Crippen LogP contribution is 2.35. The number of hydrogen-bond donors (Lipinski definition) is 2. The molecule has 0 radical (unpaired) electrons. The summed E-state index contributed by atoms with van der Waals surface area (Å²) >= 11 is 0. The third-order valence-corrected chi connectivity index (χ3v) is 6.25. The Kier molecular flexibility index (Phi) is 4.94. The summed E-state index contributed by atoms with van der Waals surface area (Å²) in [5.74, 6) is 0.412. The van der Waals surface area contributed by atoms with E-state index in [0.29, 0.717) is 11.5 Å². The van der Waals surface area contributed by atoms with Gasteiger partial charge in [0.15, 0.2) is 0 Å². The maximum absolute atomic E-state index is 12.4. The van der Waals surface area contributed by atoms with Crippen LogP contribution in [0.2, 0.25) is 0 Å². The van der Waals surface area contributed by atoms with Gasteiger partial charge in [0.1, 0.15) is 0 Å². The van der Waals surface area contributed by atoms with Crippen LogP contribution in [0, 0.1) is 13.8 Å². The third kappa shape index (κ3) is 3.67. The predicted molar refractivity (Wildman–Crippen MR) is 126 cm³/mol. The van der Waals surface area contributed by atoms with Crippen LogP contribution in [0.15, 0.2) is 67.0 Å². The van der Waals surface area contributed by atoms with E-state index in [1.54, 1.807) is 0 Å². The van der Waals surface area contributed by atoms with E-state index >= 15 is 0 Å². The van der Waals surface area contributed by atoms with E-state index in [1.807, 2.05) is 43.6 Å².